The van der Waals surface area contributed by atoms with Crippen LogP contribution in [0.2, 0.25) is 0 Å². The molecular weight excluding hydrogens is 253 g/mol. The first-order valence-corrected chi connectivity index (χ1v) is 7.80. The van der Waals surface area contributed by atoms with Crippen LogP contribution in [0.5, 0.6) is 0 Å². The maximum Gasteiger partial charge on any atom is 0.186 e. The van der Waals surface area contributed by atoms with Crippen molar-refractivity contribution in [3.8, 4) is 0 Å². The molecule has 0 radical (unpaired) electrons. The van der Waals surface area contributed by atoms with Crippen LogP contribution in [0.4, 0.5) is 10.2 Å². The van der Waals surface area contributed by atoms with Gasteiger partial charge in [-0.05, 0) is 51.4 Å². The second-order valence-corrected chi connectivity index (χ2v) is 6.22. The van der Waals surface area contributed by atoms with Gasteiger partial charge >= 0.3 is 0 Å². The molecule has 0 amide bonds. The van der Waals surface area contributed by atoms with E-state index in [1.807, 2.05) is 6.92 Å². The highest BCUT2D eigenvalue weighted by Gasteiger charge is 2.27. The van der Waals surface area contributed by atoms with Gasteiger partial charge < -0.3 is 5.32 Å². The lowest BCUT2D eigenvalue weighted by Gasteiger charge is -2.30. The Bertz CT molecular complexity index is 451. The number of nitrogens with one attached hydrogen (secondary N) is 1. The minimum absolute atomic E-state index is 0.313. The molecule has 112 valence electrons. The van der Waals surface area contributed by atoms with E-state index < -0.39 is 0 Å². The average Bonchev–Trinajstić information content (AvgIpc) is 2.44. The van der Waals surface area contributed by atoms with Crippen LogP contribution in [0.15, 0.2) is 0 Å². The fourth-order valence-electron chi connectivity index (χ4n) is 3.09. The van der Waals surface area contributed by atoms with E-state index in [4.69, 9.17) is 0 Å². The van der Waals surface area contributed by atoms with Gasteiger partial charge in [-0.25, -0.2) is 14.4 Å². The first kappa shape index (κ1) is 15.2. The molecule has 0 unspecified atom stereocenters. The van der Waals surface area contributed by atoms with Gasteiger partial charge in [-0.1, -0.05) is 13.8 Å². The third-order valence-corrected chi connectivity index (χ3v) is 4.46. The molecular formula is C16H26FN3. The van der Waals surface area contributed by atoms with Gasteiger partial charge in [0.05, 0.1) is 5.69 Å². The summed E-state index contributed by atoms with van der Waals surface area (Å²) < 4.78 is 13.9. The largest absolute Gasteiger partial charge is 0.368 e. The normalized spacial score (nSPS) is 23.1. The highest BCUT2D eigenvalue weighted by Crippen LogP contribution is 2.37. The summed E-state index contributed by atoms with van der Waals surface area (Å²) in [5.74, 6) is 2.83. The van der Waals surface area contributed by atoms with E-state index in [9.17, 15) is 4.39 Å². The van der Waals surface area contributed by atoms with E-state index in [2.05, 4.69) is 29.1 Å². The number of rotatable bonds is 4. The topological polar surface area (TPSA) is 37.8 Å². The summed E-state index contributed by atoms with van der Waals surface area (Å²) in [7, 11) is 0. The monoisotopic (exact) mass is 279 g/mol. The zero-order valence-corrected chi connectivity index (χ0v) is 13.0. The highest BCUT2D eigenvalue weighted by molar-refractivity contribution is 5.38. The molecule has 3 nitrogen and oxygen atoms in total. The Morgan fingerprint density at radius 2 is 1.85 bits per heavy atom. The van der Waals surface area contributed by atoms with Gasteiger partial charge in [-0.15, -0.1) is 0 Å². The number of anilines is 1. The Labute approximate surface area is 121 Å². The summed E-state index contributed by atoms with van der Waals surface area (Å²) in [5.41, 5.74) is 0.455. The van der Waals surface area contributed by atoms with Crippen LogP contribution in [0.3, 0.4) is 0 Å². The fourth-order valence-corrected chi connectivity index (χ4v) is 3.09. The Kier molecular flexibility index (Phi) is 4.95. The zero-order chi connectivity index (χ0) is 14.7. The first-order valence-electron chi connectivity index (χ1n) is 7.80. The van der Waals surface area contributed by atoms with Crippen LogP contribution in [-0.2, 0) is 0 Å². The zero-order valence-electron chi connectivity index (χ0n) is 13.0. The second-order valence-electron chi connectivity index (χ2n) is 6.22. The summed E-state index contributed by atoms with van der Waals surface area (Å²) in [6.45, 7) is 8.94. The molecule has 1 aromatic heterocycles. The lowest BCUT2D eigenvalue weighted by atomic mass is 9.76. The average molecular weight is 279 g/mol. The standard InChI is InChI=1S/C16H26FN3/c1-5-18-16-14(17)11(4)19-15(20-16)13-8-6-12(7-9-13)10(2)3/h10,12-13H,5-9H2,1-4H3,(H,18,19,20). The van der Waals surface area contributed by atoms with Crippen molar-refractivity contribution in [2.45, 2.75) is 59.3 Å². The van der Waals surface area contributed by atoms with Gasteiger partial charge in [-0.2, -0.15) is 0 Å². The maximum absolute atomic E-state index is 13.9. The molecule has 1 aromatic rings. The van der Waals surface area contributed by atoms with Crippen LogP contribution < -0.4 is 5.32 Å². The molecule has 0 atom stereocenters. The molecule has 1 aliphatic rings. The number of aromatic nitrogens is 2. The molecule has 4 heteroatoms. The van der Waals surface area contributed by atoms with Gasteiger partial charge in [0.2, 0.25) is 0 Å². The van der Waals surface area contributed by atoms with Crippen LogP contribution in [0.1, 0.15) is 63.9 Å². The number of halogens is 1. The predicted octanol–water partition coefficient (Wildman–Crippen LogP) is 4.29. The molecule has 0 saturated heterocycles. The van der Waals surface area contributed by atoms with Gasteiger partial charge in [0.25, 0.3) is 0 Å². The fraction of sp³-hybridized carbons (Fsp3) is 0.750. The summed E-state index contributed by atoms with van der Waals surface area (Å²) in [4.78, 5) is 8.80. The smallest absolute Gasteiger partial charge is 0.186 e. The van der Waals surface area contributed by atoms with Crippen LogP contribution >= 0.6 is 0 Å². The lowest BCUT2D eigenvalue weighted by molar-refractivity contribution is 0.254. The van der Waals surface area contributed by atoms with Crippen molar-refractivity contribution in [3.05, 3.63) is 17.3 Å². The number of aryl methyl sites for hydroxylation is 1. The molecule has 1 saturated carbocycles. The lowest BCUT2D eigenvalue weighted by Crippen LogP contribution is -2.20. The molecule has 1 aliphatic carbocycles. The van der Waals surface area contributed by atoms with Crippen molar-refractivity contribution < 1.29 is 4.39 Å². The third-order valence-electron chi connectivity index (χ3n) is 4.46. The van der Waals surface area contributed by atoms with Crippen LogP contribution in [0.25, 0.3) is 0 Å². The van der Waals surface area contributed by atoms with Crippen molar-refractivity contribution >= 4 is 5.82 Å². The molecule has 1 heterocycles. The van der Waals surface area contributed by atoms with Gasteiger partial charge in [0, 0.05) is 12.5 Å². The van der Waals surface area contributed by atoms with Crippen molar-refractivity contribution in [2.75, 3.05) is 11.9 Å². The Morgan fingerprint density at radius 1 is 1.20 bits per heavy atom. The second kappa shape index (κ2) is 6.51. The predicted molar refractivity (Wildman–Crippen MR) is 80.4 cm³/mol. The summed E-state index contributed by atoms with van der Waals surface area (Å²) in [6, 6.07) is 0. The molecule has 0 spiro atoms. The van der Waals surface area contributed by atoms with Crippen molar-refractivity contribution in [2.24, 2.45) is 11.8 Å². The van der Waals surface area contributed by atoms with Gasteiger partial charge in [-0.3, -0.25) is 0 Å². The van der Waals surface area contributed by atoms with Crippen molar-refractivity contribution in [3.63, 3.8) is 0 Å². The highest BCUT2D eigenvalue weighted by atomic mass is 19.1. The number of hydrogen-bond donors (Lipinski definition) is 1. The molecule has 0 aliphatic heterocycles. The summed E-state index contributed by atoms with van der Waals surface area (Å²) >= 11 is 0. The van der Waals surface area contributed by atoms with E-state index in [1.165, 1.54) is 12.8 Å². The Hall–Kier alpha value is -1.19. The molecule has 2 rings (SSSR count). The van der Waals surface area contributed by atoms with Gasteiger partial charge in [0.15, 0.2) is 11.6 Å². The molecule has 20 heavy (non-hydrogen) atoms. The van der Waals surface area contributed by atoms with Gasteiger partial charge in [0.1, 0.15) is 5.82 Å². The Balaban J connectivity index is 2.13. The molecule has 1 N–H and O–H groups in total. The van der Waals surface area contributed by atoms with Crippen molar-refractivity contribution in [1.82, 2.24) is 9.97 Å². The summed E-state index contributed by atoms with van der Waals surface area (Å²) in [5, 5.41) is 3.00. The van der Waals surface area contributed by atoms with E-state index in [0.29, 0.717) is 24.0 Å². The van der Waals surface area contributed by atoms with Crippen LogP contribution in [0, 0.1) is 24.6 Å². The number of nitrogens with zero attached hydrogens (tertiary/aromatic N) is 2. The molecule has 0 bridgehead atoms. The quantitative estimate of drug-likeness (QED) is 0.893. The third kappa shape index (κ3) is 3.28. The molecule has 1 fully saturated rings. The van der Waals surface area contributed by atoms with E-state index in [0.717, 1.165) is 30.5 Å². The Morgan fingerprint density at radius 3 is 2.40 bits per heavy atom. The minimum atomic E-state index is -0.313. The first-order chi connectivity index (χ1) is 9.52. The van der Waals surface area contributed by atoms with E-state index in [-0.39, 0.29) is 5.82 Å². The van der Waals surface area contributed by atoms with Crippen molar-refractivity contribution in [1.29, 1.82) is 0 Å². The number of hydrogen-bond acceptors (Lipinski definition) is 3. The van der Waals surface area contributed by atoms with E-state index in [1.54, 1.807) is 6.92 Å². The minimum Gasteiger partial charge on any atom is -0.368 e. The van der Waals surface area contributed by atoms with E-state index >= 15 is 0 Å². The van der Waals surface area contributed by atoms with Crippen LogP contribution in [-0.4, -0.2) is 16.5 Å². The maximum atomic E-state index is 13.9. The molecule has 0 aromatic carbocycles. The SMILES string of the molecule is CCNc1nc(C2CCC(C(C)C)CC2)nc(C)c1F. The summed E-state index contributed by atoms with van der Waals surface area (Å²) in [6.07, 6.45) is 4.72.